The lowest BCUT2D eigenvalue weighted by atomic mass is 10.1. The van der Waals surface area contributed by atoms with E-state index in [4.69, 9.17) is 0 Å². The van der Waals surface area contributed by atoms with Crippen molar-refractivity contribution in [2.24, 2.45) is 0 Å². The van der Waals surface area contributed by atoms with Gasteiger partial charge in [0, 0.05) is 36.5 Å². The fourth-order valence-corrected chi connectivity index (χ4v) is 3.42. The third-order valence-electron chi connectivity index (χ3n) is 5.35. The van der Waals surface area contributed by atoms with E-state index in [-0.39, 0.29) is 11.9 Å². The van der Waals surface area contributed by atoms with Gasteiger partial charge in [-0.25, -0.2) is 9.48 Å². The first kappa shape index (κ1) is 23.1. The molecule has 168 valence electrons. The molecule has 0 aliphatic rings. The van der Waals surface area contributed by atoms with Gasteiger partial charge in [0.25, 0.3) is 5.91 Å². The van der Waals surface area contributed by atoms with Crippen LogP contribution in [0.1, 0.15) is 52.6 Å². The molecule has 0 saturated carbocycles. The normalized spacial score (nSPS) is 10.6. The van der Waals surface area contributed by atoms with E-state index in [0.717, 1.165) is 41.0 Å². The molecular weight excluding hydrogens is 402 g/mol. The van der Waals surface area contributed by atoms with Crippen molar-refractivity contribution in [1.29, 1.82) is 0 Å². The van der Waals surface area contributed by atoms with Crippen LogP contribution in [0.5, 0.6) is 0 Å². The van der Waals surface area contributed by atoms with Crippen LogP contribution in [0.4, 0.5) is 4.79 Å². The third-order valence-corrected chi connectivity index (χ3v) is 5.35. The van der Waals surface area contributed by atoms with Crippen LogP contribution in [0.25, 0.3) is 5.69 Å². The number of carbonyl (C=O) groups excluding carboxylic acids is 2. The Balaban J connectivity index is 1.50. The van der Waals surface area contributed by atoms with Crippen LogP contribution in [0.2, 0.25) is 0 Å². The fraction of sp³-hybridized carbons (Fsp3) is 0.320. The van der Waals surface area contributed by atoms with Crippen molar-refractivity contribution in [2.75, 3.05) is 6.54 Å². The van der Waals surface area contributed by atoms with Crippen molar-refractivity contribution in [3.05, 3.63) is 82.7 Å². The molecule has 3 amide bonds. The minimum atomic E-state index is -0.252. The van der Waals surface area contributed by atoms with Crippen molar-refractivity contribution in [3.63, 3.8) is 0 Å². The molecule has 0 spiro atoms. The molecule has 0 fully saturated rings. The Kier molecular flexibility index (Phi) is 8.02. The zero-order valence-electron chi connectivity index (χ0n) is 18.9. The molecule has 0 unspecified atom stereocenters. The second-order valence-corrected chi connectivity index (χ2v) is 7.74. The van der Waals surface area contributed by atoms with E-state index >= 15 is 0 Å². The maximum Gasteiger partial charge on any atom is 0.315 e. The summed E-state index contributed by atoms with van der Waals surface area (Å²) in [7, 11) is 0. The molecule has 32 heavy (non-hydrogen) atoms. The Morgan fingerprint density at radius 1 is 0.906 bits per heavy atom. The van der Waals surface area contributed by atoms with Gasteiger partial charge < -0.3 is 16.0 Å². The number of urea groups is 1. The number of carbonyl (C=O) groups is 2. The summed E-state index contributed by atoms with van der Waals surface area (Å²) in [5.74, 6) is -0.0718. The van der Waals surface area contributed by atoms with Crippen molar-refractivity contribution in [2.45, 2.75) is 46.7 Å². The van der Waals surface area contributed by atoms with Crippen LogP contribution in [-0.2, 0) is 13.1 Å². The molecule has 0 saturated heterocycles. The summed E-state index contributed by atoms with van der Waals surface area (Å²) < 4.78 is 1.89. The number of aromatic nitrogens is 2. The number of aryl methyl sites for hydroxylation is 1. The summed E-state index contributed by atoms with van der Waals surface area (Å²) in [6, 6.07) is 16.9. The quantitative estimate of drug-likeness (QED) is 0.446. The standard InChI is InChI=1S/C25H31N5O2/c1-4-5-15-26-24(31)21-13-11-20(12-14-21)16-27-25(32)28-17-23-18(2)29-30(19(23)3)22-9-7-6-8-10-22/h6-14H,4-5,15-17H2,1-3H3,(H,26,31)(H2,27,28,32). The molecule has 1 aromatic heterocycles. The zero-order valence-corrected chi connectivity index (χ0v) is 18.9. The smallest absolute Gasteiger partial charge is 0.315 e. The van der Waals surface area contributed by atoms with E-state index in [1.165, 1.54) is 0 Å². The molecule has 3 N–H and O–H groups in total. The van der Waals surface area contributed by atoms with Crippen LogP contribution in [0.15, 0.2) is 54.6 Å². The largest absolute Gasteiger partial charge is 0.352 e. The van der Waals surface area contributed by atoms with Crippen LogP contribution in [0, 0.1) is 13.8 Å². The average molecular weight is 434 g/mol. The SMILES string of the molecule is CCCCNC(=O)c1ccc(CNC(=O)NCc2c(C)nn(-c3ccccc3)c2C)cc1. The van der Waals surface area contributed by atoms with Gasteiger partial charge in [0.15, 0.2) is 0 Å². The number of amides is 3. The summed E-state index contributed by atoms with van der Waals surface area (Å²) in [5, 5.41) is 13.3. The van der Waals surface area contributed by atoms with E-state index in [0.29, 0.717) is 25.2 Å². The van der Waals surface area contributed by atoms with Gasteiger partial charge in [-0.05, 0) is 50.1 Å². The predicted molar refractivity (Wildman–Crippen MR) is 126 cm³/mol. The summed E-state index contributed by atoms with van der Waals surface area (Å²) in [6.07, 6.45) is 2.01. The molecule has 1 heterocycles. The summed E-state index contributed by atoms with van der Waals surface area (Å²) in [5.41, 5.74) is 5.43. The van der Waals surface area contributed by atoms with E-state index in [2.05, 4.69) is 28.0 Å². The van der Waals surface area contributed by atoms with Gasteiger partial charge in [-0.15, -0.1) is 0 Å². The van der Waals surface area contributed by atoms with Crippen LogP contribution in [0.3, 0.4) is 0 Å². The minimum absolute atomic E-state index is 0.0718. The van der Waals surface area contributed by atoms with Crippen LogP contribution in [-0.4, -0.2) is 28.3 Å². The molecule has 7 heteroatoms. The highest BCUT2D eigenvalue weighted by molar-refractivity contribution is 5.94. The van der Waals surface area contributed by atoms with Crippen LogP contribution >= 0.6 is 0 Å². The highest BCUT2D eigenvalue weighted by Crippen LogP contribution is 2.17. The van der Waals surface area contributed by atoms with Gasteiger partial charge >= 0.3 is 6.03 Å². The first-order valence-corrected chi connectivity index (χ1v) is 11.0. The van der Waals surface area contributed by atoms with E-state index < -0.39 is 0 Å². The molecular formula is C25H31N5O2. The first-order chi connectivity index (χ1) is 15.5. The average Bonchev–Trinajstić information content (AvgIpc) is 3.10. The number of nitrogens with zero attached hydrogens (tertiary/aromatic N) is 2. The Morgan fingerprint density at radius 2 is 1.59 bits per heavy atom. The summed E-state index contributed by atoms with van der Waals surface area (Å²) in [4.78, 5) is 24.4. The van der Waals surface area contributed by atoms with Crippen molar-refractivity contribution < 1.29 is 9.59 Å². The molecule has 0 radical (unpaired) electrons. The molecule has 3 rings (SSSR count). The number of unbranched alkanes of at least 4 members (excludes halogenated alkanes) is 1. The third kappa shape index (κ3) is 5.97. The van der Waals surface area contributed by atoms with Crippen LogP contribution < -0.4 is 16.0 Å². The highest BCUT2D eigenvalue weighted by Gasteiger charge is 2.13. The molecule has 0 bridgehead atoms. The Bertz CT molecular complexity index is 1040. The van der Waals surface area contributed by atoms with E-state index in [1.807, 2.05) is 61.0 Å². The maximum atomic E-state index is 12.3. The van der Waals surface area contributed by atoms with Crippen molar-refractivity contribution >= 4 is 11.9 Å². The van der Waals surface area contributed by atoms with Crippen molar-refractivity contribution in [1.82, 2.24) is 25.7 Å². The number of hydrogen-bond donors (Lipinski definition) is 3. The summed E-state index contributed by atoms with van der Waals surface area (Å²) in [6.45, 7) is 7.49. The second-order valence-electron chi connectivity index (χ2n) is 7.74. The Labute approximate surface area is 189 Å². The fourth-order valence-electron chi connectivity index (χ4n) is 3.42. The lowest BCUT2D eigenvalue weighted by molar-refractivity contribution is 0.0953. The van der Waals surface area contributed by atoms with E-state index in [9.17, 15) is 9.59 Å². The topological polar surface area (TPSA) is 88.1 Å². The zero-order chi connectivity index (χ0) is 22.9. The van der Waals surface area contributed by atoms with Gasteiger partial charge in [0.1, 0.15) is 0 Å². The summed E-state index contributed by atoms with van der Waals surface area (Å²) >= 11 is 0. The van der Waals surface area contributed by atoms with Gasteiger partial charge in [-0.1, -0.05) is 43.7 Å². The molecule has 2 aromatic carbocycles. The van der Waals surface area contributed by atoms with E-state index in [1.54, 1.807) is 12.1 Å². The predicted octanol–water partition coefficient (Wildman–Crippen LogP) is 4.02. The minimum Gasteiger partial charge on any atom is -0.352 e. The molecule has 7 nitrogen and oxygen atoms in total. The Morgan fingerprint density at radius 3 is 2.28 bits per heavy atom. The maximum absolute atomic E-state index is 12.3. The number of benzene rings is 2. The number of para-hydroxylation sites is 1. The number of nitrogens with one attached hydrogen (secondary N) is 3. The van der Waals surface area contributed by atoms with Gasteiger partial charge in [0.05, 0.1) is 11.4 Å². The monoisotopic (exact) mass is 433 g/mol. The lowest BCUT2D eigenvalue weighted by Crippen LogP contribution is -2.34. The van der Waals surface area contributed by atoms with Gasteiger partial charge in [0.2, 0.25) is 0 Å². The molecule has 0 aliphatic heterocycles. The second kappa shape index (κ2) is 11.1. The number of hydrogen-bond acceptors (Lipinski definition) is 3. The number of rotatable bonds is 9. The molecule has 3 aromatic rings. The lowest BCUT2D eigenvalue weighted by Gasteiger charge is -2.09. The Hall–Kier alpha value is -3.61. The van der Waals surface area contributed by atoms with Gasteiger partial charge in [-0.2, -0.15) is 5.10 Å². The van der Waals surface area contributed by atoms with Crippen molar-refractivity contribution in [3.8, 4) is 5.69 Å². The highest BCUT2D eigenvalue weighted by atomic mass is 16.2. The molecule has 0 aliphatic carbocycles. The first-order valence-electron chi connectivity index (χ1n) is 11.0. The molecule has 0 atom stereocenters. The van der Waals surface area contributed by atoms with Gasteiger partial charge in [-0.3, -0.25) is 4.79 Å².